The Morgan fingerprint density at radius 1 is 1.04 bits per heavy atom. The molecule has 0 radical (unpaired) electrons. The lowest BCUT2D eigenvalue weighted by Gasteiger charge is -2.24. The molecule has 2 aromatic heterocycles. The fourth-order valence-corrected chi connectivity index (χ4v) is 2.58. The van der Waals surface area contributed by atoms with Crippen LogP contribution in [0.4, 0.5) is 0 Å². The van der Waals surface area contributed by atoms with Crippen molar-refractivity contribution in [3.63, 3.8) is 0 Å². The third-order valence-corrected chi connectivity index (χ3v) is 3.72. The highest BCUT2D eigenvalue weighted by Crippen LogP contribution is 2.25. The van der Waals surface area contributed by atoms with Crippen LogP contribution in [0.2, 0.25) is 0 Å². The number of aryl methyl sites for hydroxylation is 2. The monoisotopic (exact) mass is 337 g/mol. The molecule has 7 heteroatoms. The smallest absolute Gasteiger partial charge is 0.236 e. The van der Waals surface area contributed by atoms with Gasteiger partial charge in [-0.1, -0.05) is 0 Å². The molecule has 1 saturated heterocycles. The van der Waals surface area contributed by atoms with E-state index in [1.807, 2.05) is 26.0 Å². The molecular formula is C16H24ClN5O. The van der Waals surface area contributed by atoms with Crippen LogP contribution in [0.1, 0.15) is 24.2 Å². The second-order valence-electron chi connectivity index (χ2n) is 5.35. The Balaban J connectivity index is 0.00000132. The molecule has 0 atom stereocenters. The molecule has 0 unspecified atom stereocenters. The average Bonchev–Trinajstić information content (AvgIpc) is 2.52. The minimum absolute atomic E-state index is 0. The second-order valence-corrected chi connectivity index (χ2v) is 5.35. The number of piperidine rings is 1. The number of hydrogen-bond acceptors (Lipinski definition) is 6. The molecule has 3 heterocycles. The zero-order valence-electron chi connectivity index (χ0n) is 13.6. The van der Waals surface area contributed by atoms with Crippen molar-refractivity contribution in [2.24, 2.45) is 0 Å². The van der Waals surface area contributed by atoms with E-state index < -0.39 is 0 Å². The molecule has 0 saturated carbocycles. The van der Waals surface area contributed by atoms with Crippen LogP contribution >= 0.6 is 12.4 Å². The van der Waals surface area contributed by atoms with Gasteiger partial charge in [0.25, 0.3) is 0 Å². The van der Waals surface area contributed by atoms with Crippen molar-refractivity contribution >= 4 is 12.4 Å². The normalized spacial score (nSPS) is 14.5. The lowest BCUT2D eigenvalue weighted by molar-refractivity contribution is 0.154. The van der Waals surface area contributed by atoms with Crippen LogP contribution in [-0.4, -0.2) is 34.1 Å². The predicted octanol–water partition coefficient (Wildman–Crippen LogP) is 2.87. The Bertz CT molecular complexity index is 617. The van der Waals surface area contributed by atoms with Crippen molar-refractivity contribution in [2.45, 2.75) is 32.8 Å². The minimum Gasteiger partial charge on any atom is -0.473 e. The molecule has 23 heavy (non-hydrogen) atoms. The number of nitrogens with zero attached hydrogens (tertiary/aromatic N) is 3. The molecule has 4 N–H and O–H groups in total. The molecule has 1 aliphatic rings. The summed E-state index contributed by atoms with van der Waals surface area (Å²) in [6.45, 7) is 5.93. The first kappa shape index (κ1) is 19.3. The van der Waals surface area contributed by atoms with Crippen molar-refractivity contribution in [3.05, 3.63) is 35.9 Å². The van der Waals surface area contributed by atoms with E-state index in [0.29, 0.717) is 5.88 Å². The first-order valence-corrected chi connectivity index (χ1v) is 7.37. The number of nitrogens with one attached hydrogen (secondary N) is 1. The third-order valence-electron chi connectivity index (χ3n) is 3.72. The van der Waals surface area contributed by atoms with E-state index in [-0.39, 0.29) is 24.7 Å². The van der Waals surface area contributed by atoms with Gasteiger partial charge in [0.15, 0.2) is 0 Å². The van der Waals surface area contributed by atoms with Gasteiger partial charge in [0.05, 0.1) is 17.1 Å². The average molecular weight is 338 g/mol. The van der Waals surface area contributed by atoms with Gasteiger partial charge in [-0.15, -0.1) is 12.4 Å². The molecule has 0 amide bonds. The highest BCUT2D eigenvalue weighted by Gasteiger charge is 2.18. The van der Waals surface area contributed by atoms with Crippen LogP contribution in [0.3, 0.4) is 0 Å². The summed E-state index contributed by atoms with van der Waals surface area (Å²) >= 11 is 0. The van der Waals surface area contributed by atoms with Crippen molar-refractivity contribution in [1.82, 2.24) is 26.4 Å². The number of halogens is 1. The van der Waals surface area contributed by atoms with E-state index in [1.165, 1.54) is 0 Å². The first-order chi connectivity index (χ1) is 10.2. The summed E-state index contributed by atoms with van der Waals surface area (Å²) in [5.41, 5.74) is 3.65. The molecule has 0 spiro atoms. The number of pyridine rings is 1. The van der Waals surface area contributed by atoms with E-state index in [9.17, 15) is 0 Å². The number of aromatic nitrogens is 3. The maximum atomic E-state index is 6.07. The molecule has 6 nitrogen and oxygen atoms in total. The van der Waals surface area contributed by atoms with Gasteiger partial charge in [-0.25, -0.2) is 4.98 Å². The van der Waals surface area contributed by atoms with Crippen molar-refractivity contribution in [2.75, 3.05) is 13.1 Å². The minimum atomic E-state index is 0. The Labute approximate surface area is 143 Å². The molecule has 3 rings (SSSR count). The van der Waals surface area contributed by atoms with Crippen LogP contribution < -0.4 is 16.2 Å². The summed E-state index contributed by atoms with van der Waals surface area (Å²) in [7, 11) is 0. The van der Waals surface area contributed by atoms with E-state index in [1.54, 1.807) is 12.4 Å². The molecule has 0 aliphatic carbocycles. The lowest BCUT2D eigenvalue weighted by Crippen LogP contribution is -2.34. The van der Waals surface area contributed by atoms with Gasteiger partial charge in [-0.05, 0) is 51.9 Å². The zero-order valence-corrected chi connectivity index (χ0v) is 14.4. The summed E-state index contributed by atoms with van der Waals surface area (Å²) in [6, 6.07) is 3.89. The molecule has 126 valence electrons. The number of hydrogen-bond donors (Lipinski definition) is 2. The zero-order chi connectivity index (χ0) is 14.7. The standard InChI is InChI=1S/C16H20N4O.ClH.H3N/c1-11-15(13-3-7-17-8-4-13)20-16(12(2)19-11)21-14-5-9-18-10-6-14;;/h3-4,7-8,14,18H,5-6,9-10H2,1-2H3;1H;1H3. The lowest BCUT2D eigenvalue weighted by atomic mass is 10.1. The van der Waals surface area contributed by atoms with Gasteiger partial charge in [0.1, 0.15) is 6.10 Å². The van der Waals surface area contributed by atoms with Crippen LogP contribution in [-0.2, 0) is 0 Å². The summed E-state index contributed by atoms with van der Waals surface area (Å²) in [4.78, 5) is 13.3. The second kappa shape index (κ2) is 8.76. The molecule has 1 fully saturated rings. The van der Waals surface area contributed by atoms with Crippen molar-refractivity contribution in [1.29, 1.82) is 0 Å². The van der Waals surface area contributed by atoms with E-state index in [0.717, 1.165) is 48.6 Å². The van der Waals surface area contributed by atoms with E-state index in [2.05, 4.69) is 15.3 Å². The topological polar surface area (TPSA) is 94.9 Å². The Morgan fingerprint density at radius 2 is 1.70 bits per heavy atom. The van der Waals surface area contributed by atoms with Crippen molar-refractivity contribution in [3.8, 4) is 17.1 Å². The van der Waals surface area contributed by atoms with Gasteiger partial charge in [0, 0.05) is 18.0 Å². The Hall–Kier alpha value is -1.76. The quantitative estimate of drug-likeness (QED) is 0.894. The maximum Gasteiger partial charge on any atom is 0.236 e. The van der Waals surface area contributed by atoms with Crippen LogP contribution in [0.5, 0.6) is 5.88 Å². The maximum absolute atomic E-state index is 6.07. The molecular weight excluding hydrogens is 314 g/mol. The molecule has 1 aliphatic heterocycles. The summed E-state index contributed by atoms with van der Waals surface area (Å²) in [6.07, 6.45) is 5.79. The largest absolute Gasteiger partial charge is 0.473 e. The molecule has 0 aromatic carbocycles. The highest BCUT2D eigenvalue weighted by atomic mass is 35.5. The van der Waals surface area contributed by atoms with Gasteiger partial charge in [0.2, 0.25) is 5.88 Å². The fourth-order valence-electron chi connectivity index (χ4n) is 2.58. The summed E-state index contributed by atoms with van der Waals surface area (Å²) in [5, 5.41) is 3.34. The van der Waals surface area contributed by atoms with Crippen LogP contribution in [0, 0.1) is 13.8 Å². The SMILES string of the molecule is Cc1nc(C)c(-c2ccncc2)nc1OC1CCNCC1.Cl.N. The van der Waals surface area contributed by atoms with Gasteiger partial charge in [-0.2, -0.15) is 0 Å². The Kier molecular flexibility index (Phi) is 7.35. The fraction of sp³-hybridized carbons (Fsp3) is 0.438. The van der Waals surface area contributed by atoms with Crippen LogP contribution in [0.15, 0.2) is 24.5 Å². The predicted molar refractivity (Wildman–Crippen MR) is 93.5 cm³/mol. The third kappa shape index (κ3) is 4.60. The Morgan fingerprint density at radius 3 is 2.35 bits per heavy atom. The van der Waals surface area contributed by atoms with Gasteiger partial charge in [-0.3, -0.25) is 9.97 Å². The van der Waals surface area contributed by atoms with Crippen LogP contribution in [0.25, 0.3) is 11.3 Å². The van der Waals surface area contributed by atoms with Gasteiger partial charge < -0.3 is 16.2 Å². The number of rotatable bonds is 3. The number of ether oxygens (including phenoxy) is 1. The van der Waals surface area contributed by atoms with E-state index >= 15 is 0 Å². The molecule has 0 bridgehead atoms. The first-order valence-electron chi connectivity index (χ1n) is 7.37. The summed E-state index contributed by atoms with van der Waals surface area (Å²) < 4.78 is 6.07. The van der Waals surface area contributed by atoms with E-state index in [4.69, 9.17) is 9.72 Å². The summed E-state index contributed by atoms with van der Waals surface area (Å²) in [5.74, 6) is 0.652. The molecule has 2 aromatic rings. The highest BCUT2D eigenvalue weighted by molar-refractivity contribution is 5.85. The van der Waals surface area contributed by atoms with Crippen molar-refractivity contribution < 1.29 is 4.74 Å². The van der Waals surface area contributed by atoms with Gasteiger partial charge >= 0.3 is 0 Å².